The van der Waals surface area contributed by atoms with E-state index in [0.717, 1.165) is 25.0 Å². The molecule has 18 heteroatoms. The average Bonchev–Trinajstić information content (AvgIpc) is 3.65. The number of unbranched alkanes of at least 4 members (excludes halogenated alkanes) is 1. The van der Waals surface area contributed by atoms with Crippen LogP contribution < -0.4 is 21.3 Å². The molecule has 5 unspecified atom stereocenters. The van der Waals surface area contributed by atoms with Crippen molar-refractivity contribution in [1.82, 2.24) is 26.3 Å². The fourth-order valence-electron chi connectivity index (χ4n) is 6.10. The minimum Gasteiger partial charge on any atom is -0.370 e. The Morgan fingerprint density at radius 2 is 1.60 bits per heavy atom. The van der Waals surface area contributed by atoms with Gasteiger partial charge in [-0.25, -0.2) is 9.59 Å². The maximum absolute atomic E-state index is 12.4. The van der Waals surface area contributed by atoms with Crippen molar-refractivity contribution in [1.29, 1.82) is 0 Å². The van der Waals surface area contributed by atoms with Crippen molar-refractivity contribution in [3.05, 3.63) is 0 Å². The van der Waals surface area contributed by atoms with Gasteiger partial charge in [-0.3, -0.25) is 18.9 Å². The summed E-state index contributed by atoms with van der Waals surface area (Å²) in [4.78, 5) is 64.6. The van der Waals surface area contributed by atoms with Crippen molar-refractivity contribution in [2.24, 2.45) is 0 Å². The Kier molecular flexibility index (Phi) is 15.5. The second-order valence-corrected chi connectivity index (χ2v) is 15.6. The van der Waals surface area contributed by atoms with Gasteiger partial charge in [0.1, 0.15) is 0 Å². The average molecular weight is 708 g/mol. The number of rotatable bonds is 22. The maximum atomic E-state index is 12.4. The molecule has 3 aliphatic rings. The lowest BCUT2D eigenvalue weighted by molar-refractivity contribution is -0.909. The standard InChI is InChI=1S/C29H50N6O10S2/c1-35(18-7-19-47(42,43)44,17-6-15-31-24(37)10-4-11-27(40)45-34-25(38)12-13-26(34)39)16-5-14-30-23(36)9-3-2-8-22-28-21(20-46-22)32-29(41)33-28/h21-22,25,28,38H,2-20H2,1H3,(H4-,30,31,32,33,36,37,41,42,43,44)/p+1. The number of carbonyl (C=O) groups is 5. The molecule has 0 aromatic heterocycles. The highest BCUT2D eigenvalue weighted by Gasteiger charge is 2.42. The molecule has 5 atom stereocenters. The van der Waals surface area contributed by atoms with E-state index in [-0.39, 0.29) is 74.2 Å². The number of quaternary nitrogens is 1. The number of fused-ring (bicyclic) bond motifs is 1. The van der Waals surface area contributed by atoms with E-state index in [0.29, 0.717) is 66.8 Å². The quantitative estimate of drug-likeness (QED) is 0.0381. The van der Waals surface area contributed by atoms with E-state index in [1.54, 1.807) is 0 Å². The zero-order chi connectivity index (χ0) is 34.5. The third-order valence-corrected chi connectivity index (χ3v) is 11.0. The number of aliphatic hydroxyl groups excluding tert-OH is 1. The Labute approximate surface area is 280 Å². The van der Waals surface area contributed by atoms with Crippen molar-refractivity contribution in [3.8, 4) is 0 Å². The number of thioether (sulfide) groups is 1. The second-order valence-electron chi connectivity index (χ2n) is 12.8. The van der Waals surface area contributed by atoms with Crippen LogP contribution in [0.2, 0.25) is 0 Å². The summed E-state index contributed by atoms with van der Waals surface area (Å²) in [6.45, 7) is 2.65. The number of carbonyl (C=O) groups excluding carboxylic acids is 5. The molecule has 16 nitrogen and oxygen atoms in total. The molecule has 3 saturated heterocycles. The summed E-state index contributed by atoms with van der Waals surface area (Å²) in [5.41, 5.74) is 0. The van der Waals surface area contributed by atoms with Crippen LogP contribution in [-0.4, -0.2) is 132 Å². The van der Waals surface area contributed by atoms with Crippen LogP contribution in [0.5, 0.6) is 0 Å². The van der Waals surface area contributed by atoms with Crippen LogP contribution in [0, 0.1) is 0 Å². The highest BCUT2D eigenvalue weighted by molar-refractivity contribution is 8.00. The van der Waals surface area contributed by atoms with Gasteiger partial charge >= 0.3 is 12.0 Å². The fraction of sp³-hybridized carbons (Fsp3) is 0.828. The molecule has 6 N–H and O–H groups in total. The third-order valence-electron chi connectivity index (χ3n) is 8.69. The molecule has 0 radical (unpaired) electrons. The first-order chi connectivity index (χ1) is 22.2. The van der Waals surface area contributed by atoms with Crippen molar-refractivity contribution < 1.29 is 51.4 Å². The molecule has 268 valence electrons. The van der Waals surface area contributed by atoms with Gasteiger partial charge in [0.2, 0.25) is 11.8 Å². The van der Waals surface area contributed by atoms with Crippen LogP contribution in [0.15, 0.2) is 0 Å². The van der Waals surface area contributed by atoms with E-state index in [2.05, 4.69) is 21.3 Å². The van der Waals surface area contributed by atoms with Gasteiger partial charge < -0.3 is 35.7 Å². The topological polar surface area (TPSA) is 221 Å². The van der Waals surface area contributed by atoms with Gasteiger partial charge in [-0.15, -0.1) is 5.06 Å². The van der Waals surface area contributed by atoms with E-state index in [1.165, 1.54) is 0 Å². The van der Waals surface area contributed by atoms with Gasteiger partial charge in [-0.2, -0.15) is 20.2 Å². The number of urea groups is 1. The van der Waals surface area contributed by atoms with E-state index < -0.39 is 28.2 Å². The van der Waals surface area contributed by atoms with E-state index in [9.17, 15) is 37.5 Å². The number of hydrogen-bond acceptors (Lipinski definition) is 10. The molecule has 47 heavy (non-hydrogen) atoms. The third kappa shape index (κ3) is 14.1. The van der Waals surface area contributed by atoms with Crippen LogP contribution in [0.4, 0.5) is 4.79 Å². The van der Waals surface area contributed by atoms with Crippen molar-refractivity contribution in [2.45, 2.75) is 101 Å². The normalized spacial score (nSPS) is 23.5. The highest BCUT2D eigenvalue weighted by atomic mass is 32.2. The SMILES string of the molecule is C[N+](CCCNC(=O)CCCCC1SCC2NC(=O)NC21)(CCCNC(=O)CCCC(=O)ON1C(=O)CCC1O)CCCS(=O)(=O)O. The first-order valence-corrected chi connectivity index (χ1v) is 19.1. The second kappa shape index (κ2) is 18.8. The molecule has 3 aliphatic heterocycles. The first kappa shape index (κ1) is 38.8. The smallest absolute Gasteiger partial charge is 0.332 e. The Morgan fingerprint density at radius 1 is 0.957 bits per heavy atom. The minimum absolute atomic E-state index is 0.0172. The van der Waals surface area contributed by atoms with Crippen LogP contribution in [0.1, 0.15) is 77.0 Å². The summed E-state index contributed by atoms with van der Waals surface area (Å²) in [5.74, 6) is -0.851. The summed E-state index contributed by atoms with van der Waals surface area (Å²) in [7, 11) is -2.10. The molecule has 3 rings (SSSR count). The molecular weight excluding hydrogens is 656 g/mol. The summed E-state index contributed by atoms with van der Waals surface area (Å²) < 4.78 is 32.2. The molecule has 3 heterocycles. The lowest BCUT2D eigenvalue weighted by atomic mass is 10.0. The fourth-order valence-corrected chi connectivity index (χ4v) is 8.14. The highest BCUT2D eigenvalue weighted by Crippen LogP contribution is 2.33. The molecule has 0 aliphatic carbocycles. The van der Waals surface area contributed by atoms with Crippen molar-refractivity contribution in [3.63, 3.8) is 0 Å². The lowest BCUT2D eigenvalue weighted by Crippen LogP contribution is -2.48. The summed E-state index contributed by atoms with van der Waals surface area (Å²) in [5, 5.41) is 22.4. The minimum atomic E-state index is -4.08. The van der Waals surface area contributed by atoms with E-state index in [1.807, 2.05) is 18.8 Å². The van der Waals surface area contributed by atoms with E-state index in [4.69, 9.17) is 9.39 Å². The molecule has 3 fully saturated rings. The van der Waals surface area contributed by atoms with Crippen LogP contribution in [0.3, 0.4) is 0 Å². The number of aliphatic hydroxyl groups is 1. The number of amides is 5. The zero-order valence-electron chi connectivity index (χ0n) is 27.1. The molecule has 0 aromatic rings. The monoisotopic (exact) mass is 707 g/mol. The van der Waals surface area contributed by atoms with Crippen LogP contribution in [-0.2, 0) is 34.1 Å². The molecular formula is C29H51N6O10S2+. The van der Waals surface area contributed by atoms with Crippen molar-refractivity contribution >= 4 is 51.6 Å². The number of nitrogens with zero attached hydrogens (tertiary/aromatic N) is 2. The Hall–Kier alpha value is -2.67. The Balaban J connectivity index is 1.28. The van der Waals surface area contributed by atoms with Crippen LogP contribution >= 0.6 is 11.8 Å². The zero-order valence-corrected chi connectivity index (χ0v) is 28.7. The Morgan fingerprint density at radius 3 is 2.21 bits per heavy atom. The number of hydrogen-bond donors (Lipinski definition) is 6. The summed E-state index contributed by atoms with van der Waals surface area (Å²) in [6, 6.07) is 0.255. The summed E-state index contributed by atoms with van der Waals surface area (Å²) >= 11 is 1.86. The van der Waals surface area contributed by atoms with E-state index >= 15 is 0 Å². The van der Waals surface area contributed by atoms with Gasteiger partial charge in [0.15, 0.2) is 6.23 Å². The van der Waals surface area contributed by atoms with Crippen molar-refractivity contribution in [2.75, 3.05) is 51.3 Å². The van der Waals surface area contributed by atoms with Crippen LogP contribution in [0.25, 0.3) is 0 Å². The molecule has 0 saturated carbocycles. The predicted molar refractivity (Wildman–Crippen MR) is 173 cm³/mol. The largest absolute Gasteiger partial charge is 0.370 e. The molecule has 5 amide bonds. The molecule has 0 aromatic carbocycles. The number of hydroxylamine groups is 2. The molecule has 0 spiro atoms. The Bertz CT molecular complexity index is 1210. The van der Waals surface area contributed by atoms with Gasteiger partial charge in [0.05, 0.1) is 44.5 Å². The maximum Gasteiger partial charge on any atom is 0.332 e. The molecule has 0 bridgehead atoms. The lowest BCUT2D eigenvalue weighted by Gasteiger charge is -2.35. The van der Waals surface area contributed by atoms with Gasteiger partial charge in [0, 0.05) is 75.5 Å². The van der Waals surface area contributed by atoms with Gasteiger partial charge in [0.25, 0.3) is 16.0 Å². The summed E-state index contributed by atoms with van der Waals surface area (Å²) in [6.07, 6.45) is 3.99. The first-order valence-electron chi connectivity index (χ1n) is 16.5. The van der Waals surface area contributed by atoms with Gasteiger partial charge in [-0.05, 0) is 19.3 Å². The number of nitrogens with one attached hydrogen (secondary N) is 4. The van der Waals surface area contributed by atoms with Gasteiger partial charge in [-0.1, -0.05) is 6.42 Å². The predicted octanol–water partition coefficient (Wildman–Crippen LogP) is 0.0186.